The van der Waals surface area contributed by atoms with Crippen molar-refractivity contribution < 1.29 is 210 Å². The molecule has 0 amide bonds. The molecule has 0 aromatic heterocycles. The molecule has 13 nitrogen and oxygen atoms in total. The molecule has 11 N–H and O–H groups in total. The second-order valence-corrected chi connectivity index (χ2v) is 20.3. The van der Waals surface area contributed by atoms with Crippen LogP contribution in [0.2, 0.25) is 0 Å². The molecule has 4 atom stereocenters. The number of halogens is 36. The van der Waals surface area contributed by atoms with Crippen LogP contribution in [0.5, 0.6) is 5.75 Å². The van der Waals surface area contributed by atoms with Crippen molar-refractivity contribution in [1.82, 2.24) is 0 Å². The molecule has 0 fully saturated rings. The molecule has 4 aromatic rings. The fraction of sp³-hybridized carbons (Fsp3) is 0.520. The summed E-state index contributed by atoms with van der Waals surface area (Å²) < 4.78 is 459. The number of non-ortho nitro benzene ring substituents is 1. The Morgan fingerprint density at radius 2 is 0.490 bits per heavy atom. The van der Waals surface area contributed by atoms with Gasteiger partial charge in [-0.1, -0.05) is 33.1 Å². The topological polar surface area (TPSA) is 251 Å². The standard InChI is InChI=1S/C12H8F9NO4.C12H10F9NO2.C12H9F9O3.C12H9F9O2.2CH4.B.H2/c1-8(23,10(13,14)15)5-2-6(4-7(3-5)22(25)26)9(24,11(16,17)18)12(19,20)21;2*1-8(23,10(13,14)15)5-2-6(4-7(22)3-5)9(24,11(16,17)18)12(19,20)21;1-8(22,10(13,14)15)6-3-2-4-7(5-6)9(23,11(16,17)18)12(19,20)21;;;;/h2-4,23-24H,1H3;2-4,23-24H,22H2,1H3;2-4,22-24H,1H3;2-5,22-23H,1H3;2*1H4;;1H/i;;;;;;;1+1. The summed E-state index contributed by atoms with van der Waals surface area (Å²) in [5.41, 5.74) is -49.2. The molecule has 50 heteroatoms. The number of alkyl halides is 36. The lowest BCUT2D eigenvalue weighted by Gasteiger charge is -2.34. The van der Waals surface area contributed by atoms with Crippen molar-refractivity contribution in [1.29, 1.82) is 0 Å². The van der Waals surface area contributed by atoms with Crippen molar-refractivity contribution >= 4 is 19.8 Å². The van der Waals surface area contributed by atoms with Gasteiger partial charge in [0.1, 0.15) is 5.75 Å². The first-order chi connectivity index (χ1) is 41.9. The predicted molar refractivity (Wildman–Crippen MR) is 266 cm³/mol. The van der Waals surface area contributed by atoms with Gasteiger partial charge >= 0.3 is 74.1 Å². The molecular formula is C50H46BF36N2O11. The van der Waals surface area contributed by atoms with Crippen molar-refractivity contribution in [2.45, 2.75) is 161 Å². The highest BCUT2D eigenvalue weighted by Crippen LogP contribution is 2.57. The van der Waals surface area contributed by atoms with Gasteiger partial charge in [-0.3, -0.25) is 10.1 Å². The second-order valence-electron chi connectivity index (χ2n) is 20.3. The Morgan fingerprint density at radius 3 is 0.750 bits per heavy atom. The molecule has 4 unspecified atom stereocenters. The fourth-order valence-electron chi connectivity index (χ4n) is 7.10. The first kappa shape index (κ1) is 97.3. The maximum absolute atomic E-state index is 12.9. The van der Waals surface area contributed by atoms with E-state index in [0.29, 0.717) is 18.2 Å². The molecule has 4 aromatic carbocycles. The lowest BCUT2D eigenvalue weighted by Crippen LogP contribution is -2.54. The van der Waals surface area contributed by atoms with E-state index in [4.69, 9.17) is 15.9 Å². The zero-order chi connectivity index (χ0) is 78.1. The monoisotopic (exact) mass is 1550 g/mol. The van der Waals surface area contributed by atoms with E-state index in [1.807, 2.05) is 0 Å². The summed E-state index contributed by atoms with van der Waals surface area (Å²) >= 11 is 0. The number of nitro benzene ring substituents is 1. The summed E-state index contributed by atoms with van der Waals surface area (Å²) in [5, 5.41) is 94.2. The average molecular weight is 1550 g/mol. The lowest BCUT2D eigenvalue weighted by atomic mass is 9.86. The summed E-state index contributed by atoms with van der Waals surface area (Å²) in [6.45, 7) is 0.306. The van der Waals surface area contributed by atoms with E-state index in [1.165, 1.54) is 0 Å². The van der Waals surface area contributed by atoms with Crippen molar-refractivity contribution in [2.24, 2.45) is 0 Å². The molecule has 0 aliphatic heterocycles. The molecular weight excluding hydrogens is 1500 g/mol. The molecule has 0 saturated carbocycles. The van der Waals surface area contributed by atoms with Crippen LogP contribution in [0.1, 0.15) is 88.5 Å². The molecule has 0 saturated heterocycles. The Kier molecular flexibility index (Phi) is 28.3. The average Bonchev–Trinajstić information content (AvgIpc) is 0.752. The van der Waals surface area contributed by atoms with Gasteiger partial charge in [0.05, 0.1) is 4.92 Å². The minimum atomic E-state index is -6.48. The number of hydrogen-bond donors (Lipinski definition) is 10. The van der Waals surface area contributed by atoms with Crippen LogP contribution in [0.15, 0.2) is 78.9 Å². The largest absolute Gasteiger partial charge is 0.508 e. The van der Waals surface area contributed by atoms with Gasteiger partial charge in [-0.25, -0.2) is 0 Å². The van der Waals surface area contributed by atoms with Crippen molar-refractivity contribution in [3.05, 3.63) is 133 Å². The highest BCUT2D eigenvalue weighted by Gasteiger charge is 2.75. The van der Waals surface area contributed by atoms with Crippen LogP contribution in [-0.4, -0.2) is 133 Å². The van der Waals surface area contributed by atoms with E-state index >= 15 is 0 Å². The smallest absolute Gasteiger partial charge is 0.430 e. The normalized spacial score (nSPS) is 16.2. The minimum Gasteiger partial charge on any atom is -0.508 e. The molecule has 4 rings (SSSR count). The molecule has 100 heavy (non-hydrogen) atoms. The number of nitro groups is 1. The third-order valence-corrected chi connectivity index (χ3v) is 13.3. The molecule has 0 bridgehead atoms. The Labute approximate surface area is 536 Å². The second kappa shape index (κ2) is 29.1. The molecule has 0 aliphatic carbocycles. The van der Waals surface area contributed by atoms with E-state index in [0.717, 1.165) is 0 Å². The number of phenolic OH excluding ortho intramolecular Hbond substituents is 1. The van der Waals surface area contributed by atoms with E-state index in [1.54, 1.807) is 0 Å². The molecule has 577 valence electrons. The van der Waals surface area contributed by atoms with Gasteiger partial charge in [-0.05, 0) is 98.5 Å². The summed E-state index contributed by atoms with van der Waals surface area (Å²) in [5.74, 6) is -1.45. The maximum atomic E-state index is 12.9. The molecule has 0 spiro atoms. The van der Waals surface area contributed by atoms with Gasteiger partial charge < -0.3 is 51.7 Å². The number of benzene rings is 4. The van der Waals surface area contributed by atoms with Crippen LogP contribution in [0, 0.1) is 10.1 Å². The van der Waals surface area contributed by atoms with Crippen LogP contribution in [0.25, 0.3) is 0 Å². The zero-order valence-electron chi connectivity index (χ0n) is 47.1. The number of aliphatic hydroxyl groups is 8. The Balaban J connectivity index is -0.000000613. The van der Waals surface area contributed by atoms with Gasteiger partial charge in [0.2, 0.25) is 0 Å². The number of aromatic hydroxyl groups is 1. The number of hydrogen-bond acceptors (Lipinski definition) is 12. The zero-order valence-corrected chi connectivity index (χ0v) is 47.1. The van der Waals surface area contributed by atoms with E-state index in [9.17, 15) is 204 Å². The summed E-state index contributed by atoms with van der Waals surface area (Å²) in [6, 6.07) is -0.230. The third-order valence-electron chi connectivity index (χ3n) is 13.3. The predicted octanol–water partition coefficient (Wildman–Crippen LogP) is 15.4. The fourth-order valence-corrected chi connectivity index (χ4v) is 7.10. The van der Waals surface area contributed by atoms with Crippen LogP contribution in [0.3, 0.4) is 0 Å². The number of rotatable bonds is 9. The van der Waals surface area contributed by atoms with E-state index in [2.05, 4.69) is 0 Å². The van der Waals surface area contributed by atoms with E-state index in [-0.39, 0.29) is 107 Å². The quantitative estimate of drug-likeness (QED) is 0.0247. The SMILES string of the molecule is C.C.CC(O)(c1cc(N)cc(C(O)(C(F)(F)F)C(F)(F)F)c1)C(F)(F)F.CC(O)(c1cc(O)cc(C(O)(C(F)(F)F)C(F)(F)F)c1)C(F)(F)F.CC(O)(c1cc([N+](=O)[O-])cc(C(O)(C(F)(F)F)C(F)(F)F)c1)C(F)(F)F.CC(O)(c1cccc(C(O)(C(F)(F)F)C(F)(F)F)c1)C(F)(F)F.[2HH].[B]. The minimum absolute atomic E-state index is 0. The van der Waals surface area contributed by atoms with Crippen LogP contribution < -0.4 is 5.73 Å². The number of anilines is 1. The van der Waals surface area contributed by atoms with Gasteiger partial charge in [0.25, 0.3) is 28.1 Å². The highest BCUT2D eigenvalue weighted by molar-refractivity contribution is 5.75. The number of nitrogens with zero attached hydrogens (tertiary/aromatic N) is 1. The molecule has 0 aliphatic rings. The Morgan fingerprint density at radius 1 is 0.310 bits per heavy atom. The summed E-state index contributed by atoms with van der Waals surface area (Å²) in [7, 11) is 0. The summed E-state index contributed by atoms with van der Waals surface area (Å²) in [6.07, 6.45) is -72.7. The third kappa shape index (κ3) is 18.7. The maximum Gasteiger partial charge on any atom is 0.430 e. The van der Waals surface area contributed by atoms with Crippen molar-refractivity contribution in [3.63, 3.8) is 0 Å². The van der Waals surface area contributed by atoms with E-state index < -0.39 is 192 Å². The van der Waals surface area contributed by atoms with Crippen LogP contribution >= 0.6 is 0 Å². The molecule has 3 radical (unpaired) electrons. The van der Waals surface area contributed by atoms with Crippen molar-refractivity contribution in [2.75, 3.05) is 5.73 Å². The Bertz CT molecular complexity index is 3250. The van der Waals surface area contributed by atoms with Gasteiger partial charge in [0.15, 0.2) is 22.4 Å². The Hall–Kier alpha value is -6.90. The van der Waals surface area contributed by atoms with Crippen molar-refractivity contribution in [3.8, 4) is 5.75 Å². The highest BCUT2D eigenvalue weighted by atomic mass is 19.5. The van der Waals surface area contributed by atoms with Crippen LogP contribution in [0.4, 0.5) is 169 Å². The van der Waals surface area contributed by atoms with Gasteiger partial charge in [0, 0.05) is 49.9 Å². The number of phenols is 1. The lowest BCUT2D eigenvalue weighted by molar-refractivity contribution is -0.387. The summed E-state index contributed by atoms with van der Waals surface area (Å²) in [4.78, 5) is 9.13. The first-order valence-corrected chi connectivity index (χ1v) is 23.7. The van der Waals surface area contributed by atoms with Gasteiger partial charge in [-0.15, -0.1) is 0 Å². The first-order valence-electron chi connectivity index (χ1n) is 23.7. The number of nitrogens with two attached hydrogens (primary N) is 1. The number of nitrogen functional groups attached to an aromatic ring is 1. The molecule has 0 heterocycles. The van der Waals surface area contributed by atoms with Gasteiger partial charge in [-0.2, -0.15) is 158 Å². The van der Waals surface area contributed by atoms with Crippen LogP contribution in [-0.2, 0) is 44.8 Å².